The largest absolute Gasteiger partial charge is 0.618 e. The number of amides is 1. The summed E-state index contributed by atoms with van der Waals surface area (Å²) in [7, 11) is 1.39. The van der Waals surface area contributed by atoms with Crippen LogP contribution >= 0.6 is 11.6 Å². The maximum atomic E-state index is 15.3. The number of carbonyl (C=O) groups is 1. The zero-order valence-corrected chi connectivity index (χ0v) is 22.6. The van der Waals surface area contributed by atoms with Crippen molar-refractivity contribution in [3.8, 4) is 16.8 Å². The minimum atomic E-state index is -0.660. The van der Waals surface area contributed by atoms with Crippen molar-refractivity contribution in [2.75, 3.05) is 20.2 Å². The lowest BCUT2D eigenvalue weighted by molar-refractivity contribution is -0.615. The third kappa shape index (κ3) is 5.10. The van der Waals surface area contributed by atoms with Crippen LogP contribution in [0.15, 0.2) is 49.2 Å². The van der Waals surface area contributed by atoms with E-state index >= 15 is 4.39 Å². The molecule has 40 heavy (non-hydrogen) atoms. The van der Waals surface area contributed by atoms with Crippen molar-refractivity contribution < 1.29 is 18.7 Å². The SMILES string of the molecule is COC(=O)N1CCC(c2cnn(C(CC3CC3)c3ccc(-c4c(-n5cnnn5)ccc(Cl)c4F)c[n+]3[O-])c2)CC1. The zero-order valence-electron chi connectivity index (χ0n) is 21.9. The maximum absolute atomic E-state index is 15.3. The summed E-state index contributed by atoms with van der Waals surface area (Å²) in [5, 5.41) is 29.2. The Hall–Kier alpha value is -4.06. The molecule has 1 saturated carbocycles. The van der Waals surface area contributed by atoms with E-state index in [1.54, 1.807) is 23.1 Å². The van der Waals surface area contributed by atoms with Gasteiger partial charge in [0.05, 0.1) is 35.1 Å². The van der Waals surface area contributed by atoms with Gasteiger partial charge in [-0.15, -0.1) is 5.10 Å². The summed E-state index contributed by atoms with van der Waals surface area (Å²) in [5.41, 5.74) is 2.47. The van der Waals surface area contributed by atoms with Crippen molar-refractivity contribution in [1.82, 2.24) is 34.9 Å². The number of halogens is 2. The number of aromatic nitrogens is 7. The Kier molecular flexibility index (Phi) is 7.09. The average molecular weight is 567 g/mol. The third-order valence-corrected chi connectivity index (χ3v) is 8.13. The fraction of sp³-hybridized carbons (Fsp3) is 0.407. The molecule has 1 unspecified atom stereocenters. The summed E-state index contributed by atoms with van der Waals surface area (Å²) in [5.74, 6) is 0.137. The van der Waals surface area contributed by atoms with E-state index in [1.807, 2.05) is 17.1 Å². The standard InChI is InChI=1S/C27H28ClFN8O3/c1-40-27(38)34-10-8-18(9-11-34)20-13-31-35(14-20)24(12-17-2-3-17)22-6-4-19(15-37(22)39)25-23(36-16-30-32-33-36)7-5-21(28)26(25)29/h4-7,13-18,24H,2-3,8-12H2,1H3. The van der Waals surface area contributed by atoms with Crippen LogP contribution in [0, 0.1) is 16.9 Å². The first-order valence-corrected chi connectivity index (χ1v) is 13.6. The lowest BCUT2D eigenvalue weighted by atomic mass is 9.92. The Balaban J connectivity index is 1.29. The average Bonchev–Trinajstić information content (AvgIpc) is 3.40. The molecule has 208 valence electrons. The van der Waals surface area contributed by atoms with E-state index in [0.717, 1.165) is 42.4 Å². The molecule has 11 nitrogen and oxygen atoms in total. The van der Waals surface area contributed by atoms with Crippen LogP contribution in [0.5, 0.6) is 0 Å². The Morgan fingerprint density at radius 2 is 2.02 bits per heavy atom. The molecule has 1 aliphatic heterocycles. The lowest BCUT2D eigenvalue weighted by Gasteiger charge is -2.30. The molecule has 1 aliphatic carbocycles. The second-order valence-corrected chi connectivity index (χ2v) is 10.8. The van der Waals surface area contributed by atoms with Crippen LogP contribution in [-0.2, 0) is 4.74 Å². The molecule has 0 bridgehead atoms. The second kappa shape index (κ2) is 10.8. The van der Waals surface area contributed by atoms with Gasteiger partial charge < -0.3 is 14.8 Å². The lowest BCUT2D eigenvalue weighted by Crippen LogP contribution is -2.37. The highest BCUT2D eigenvalue weighted by molar-refractivity contribution is 6.31. The minimum absolute atomic E-state index is 0.0681. The van der Waals surface area contributed by atoms with Crippen molar-refractivity contribution >= 4 is 17.7 Å². The monoisotopic (exact) mass is 566 g/mol. The second-order valence-electron chi connectivity index (χ2n) is 10.4. The summed E-state index contributed by atoms with van der Waals surface area (Å²) >= 11 is 6.10. The van der Waals surface area contributed by atoms with Crippen molar-refractivity contribution in [3.05, 3.63) is 76.5 Å². The zero-order chi connectivity index (χ0) is 27.8. The maximum Gasteiger partial charge on any atom is 0.409 e. The number of piperidine rings is 1. The van der Waals surface area contributed by atoms with Gasteiger partial charge in [-0.3, -0.25) is 4.68 Å². The molecule has 2 aliphatic rings. The molecule has 4 heterocycles. The number of benzene rings is 1. The van der Waals surface area contributed by atoms with Crippen molar-refractivity contribution in [1.29, 1.82) is 0 Å². The molecule has 6 rings (SSSR count). The topological polar surface area (TPSA) is 118 Å². The van der Waals surface area contributed by atoms with Crippen LogP contribution in [0.3, 0.4) is 0 Å². The van der Waals surface area contributed by atoms with Crippen LogP contribution in [0.2, 0.25) is 5.02 Å². The normalized spacial score (nSPS) is 16.7. The number of rotatable bonds is 7. The Morgan fingerprint density at radius 3 is 2.70 bits per heavy atom. The molecule has 0 spiro atoms. The van der Waals surface area contributed by atoms with Crippen LogP contribution in [-0.4, -0.2) is 61.2 Å². The molecule has 1 atom stereocenters. The highest BCUT2D eigenvalue weighted by Crippen LogP contribution is 2.40. The first-order valence-electron chi connectivity index (χ1n) is 13.2. The smallest absolute Gasteiger partial charge is 0.409 e. The number of nitrogens with zero attached hydrogens (tertiary/aromatic N) is 8. The molecule has 0 N–H and O–H groups in total. The molecule has 3 aromatic heterocycles. The van der Waals surface area contributed by atoms with Gasteiger partial charge in [0.1, 0.15) is 12.4 Å². The molecule has 0 radical (unpaired) electrons. The van der Waals surface area contributed by atoms with Crippen LogP contribution < -0.4 is 4.73 Å². The van der Waals surface area contributed by atoms with E-state index in [4.69, 9.17) is 16.3 Å². The number of hydrogen-bond acceptors (Lipinski definition) is 7. The minimum Gasteiger partial charge on any atom is -0.618 e. The summed E-state index contributed by atoms with van der Waals surface area (Å²) < 4.78 is 24.1. The number of pyridine rings is 1. The fourth-order valence-electron chi connectivity index (χ4n) is 5.47. The predicted molar refractivity (Wildman–Crippen MR) is 142 cm³/mol. The number of hydrogen-bond donors (Lipinski definition) is 0. The number of likely N-dealkylation sites (tertiary alicyclic amines) is 1. The van der Waals surface area contributed by atoms with Gasteiger partial charge >= 0.3 is 6.09 Å². The van der Waals surface area contributed by atoms with E-state index < -0.39 is 5.82 Å². The van der Waals surface area contributed by atoms with Gasteiger partial charge in [-0.25, -0.2) is 9.18 Å². The highest BCUT2D eigenvalue weighted by atomic mass is 35.5. The predicted octanol–water partition coefficient (Wildman–Crippen LogP) is 4.29. The summed E-state index contributed by atoms with van der Waals surface area (Å²) in [6, 6.07) is 6.22. The van der Waals surface area contributed by atoms with Crippen molar-refractivity contribution in [3.63, 3.8) is 0 Å². The number of ether oxygens (including phenoxy) is 1. The van der Waals surface area contributed by atoms with E-state index in [1.165, 1.54) is 30.4 Å². The van der Waals surface area contributed by atoms with Crippen LogP contribution in [0.25, 0.3) is 16.8 Å². The van der Waals surface area contributed by atoms with E-state index in [-0.39, 0.29) is 28.6 Å². The Labute approximate surface area is 234 Å². The summed E-state index contributed by atoms with van der Waals surface area (Å²) in [6.07, 6.45) is 11.0. The van der Waals surface area contributed by atoms with Gasteiger partial charge in [-0.2, -0.15) is 14.5 Å². The summed E-state index contributed by atoms with van der Waals surface area (Å²) in [6.45, 7) is 1.26. The molecular weight excluding hydrogens is 539 g/mol. The van der Waals surface area contributed by atoms with Gasteiger partial charge in [-0.1, -0.05) is 24.4 Å². The van der Waals surface area contributed by atoms with E-state index in [2.05, 4.69) is 20.6 Å². The van der Waals surface area contributed by atoms with Gasteiger partial charge in [0.25, 0.3) is 0 Å². The molecule has 1 amide bonds. The number of carbonyl (C=O) groups excluding carboxylic acids is 1. The van der Waals surface area contributed by atoms with Gasteiger partial charge in [-0.05, 0) is 65.3 Å². The van der Waals surface area contributed by atoms with Gasteiger partial charge in [0.15, 0.2) is 12.0 Å². The molecule has 2 fully saturated rings. The fourth-order valence-corrected chi connectivity index (χ4v) is 5.63. The molecule has 1 aromatic carbocycles. The molecule has 4 aromatic rings. The third-order valence-electron chi connectivity index (χ3n) is 7.84. The number of tetrazole rings is 1. The molecule has 1 saturated heterocycles. The van der Waals surface area contributed by atoms with Gasteiger partial charge in [0, 0.05) is 25.4 Å². The molecular formula is C27H28ClFN8O3. The highest BCUT2D eigenvalue weighted by Gasteiger charge is 2.33. The van der Waals surface area contributed by atoms with Crippen molar-refractivity contribution in [2.24, 2.45) is 5.92 Å². The molecule has 13 heteroatoms. The summed E-state index contributed by atoms with van der Waals surface area (Å²) in [4.78, 5) is 13.6. The van der Waals surface area contributed by atoms with E-state index in [0.29, 0.717) is 36.0 Å². The van der Waals surface area contributed by atoms with Crippen LogP contribution in [0.4, 0.5) is 9.18 Å². The quantitative estimate of drug-likeness (QED) is 0.242. The van der Waals surface area contributed by atoms with E-state index in [9.17, 15) is 10.0 Å². The first kappa shape index (κ1) is 26.2. The Morgan fingerprint density at radius 1 is 1.23 bits per heavy atom. The van der Waals surface area contributed by atoms with Gasteiger partial charge in [0.2, 0.25) is 5.69 Å². The van der Waals surface area contributed by atoms with Crippen LogP contribution in [0.1, 0.15) is 55.3 Å². The van der Waals surface area contributed by atoms with Crippen molar-refractivity contribution in [2.45, 2.75) is 44.1 Å². The number of methoxy groups -OCH3 is 1. The Bertz CT molecular complexity index is 1520. The first-order chi connectivity index (χ1) is 19.4.